The van der Waals surface area contributed by atoms with E-state index in [-0.39, 0.29) is 17.7 Å². The summed E-state index contributed by atoms with van der Waals surface area (Å²) in [5, 5.41) is 6.09. The van der Waals surface area contributed by atoms with Gasteiger partial charge in [0, 0.05) is 49.3 Å². The highest BCUT2D eigenvalue weighted by Crippen LogP contribution is 2.29. The van der Waals surface area contributed by atoms with Crippen LogP contribution in [0, 0.1) is 11.8 Å². The van der Waals surface area contributed by atoms with Gasteiger partial charge in [-0.25, -0.2) is 0 Å². The molecule has 0 aliphatic carbocycles. The summed E-state index contributed by atoms with van der Waals surface area (Å²) in [6, 6.07) is 9.54. The third-order valence-corrected chi connectivity index (χ3v) is 6.58. The molecule has 1 aromatic heterocycles. The maximum absolute atomic E-state index is 13.2. The largest absolute Gasteiger partial charge is 0.371 e. The first kappa shape index (κ1) is 24.7. The van der Waals surface area contributed by atoms with Crippen LogP contribution in [0.5, 0.6) is 0 Å². The Morgan fingerprint density at radius 3 is 2.64 bits per heavy atom. The van der Waals surface area contributed by atoms with Crippen LogP contribution in [-0.2, 0) is 11.3 Å². The summed E-state index contributed by atoms with van der Waals surface area (Å²) < 4.78 is 0. The minimum absolute atomic E-state index is 0.00364. The van der Waals surface area contributed by atoms with Gasteiger partial charge < -0.3 is 15.5 Å². The molecule has 2 N–H and O–H groups in total. The van der Waals surface area contributed by atoms with Gasteiger partial charge in [0.15, 0.2) is 0 Å². The van der Waals surface area contributed by atoms with E-state index in [1.54, 1.807) is 12.4 Å². The second-order valence-corrected chi connectivity index (χ2v) is 9.18. The summed E-state index contributed by atoms with van der Waals surface area (Å²) in [4.78, 5) is 32.5. The first-order valence-electron chi connectivity index (χ1n) is 12.4. The maximum Gasteiger partial charge on any atom is 0.253 e. The van der Waals surface area contributed by atoms with E-state index in [0.717, 1.165) is 62.9 Å². The van der Waals surface area contributed by atoms with Crippen molar-refractivity contribution in [2.75, 3.05) is 23.3 Å². The second-order valence-electron chi connectivity index (χ2n) is 9.18. The molecular weight excluding hydrogens is 412 g/mol. The number of unbranched alkanes of at least 4 members (excludes halogenated alkanes) is 1. The van der Waals surface area contributed by atoms with Crippen molar-refractivity contribution >= 4 is 23.2 Å². The van der Waals surface area contributed by atoms with Gasteiger partial charge in [0.2, 0.25) is 5.91 Å². The average Bonchev–Trinajstić information content (AvgIpc) is 2.84. The highest BCUT2D eigenvalue weighted by molar-refractivity contribution is 6.02. The summed E-state index contributed by atoms with van der Waals surface area (Å²) in [6.45, 7) is 8.75. The molecule has 0 spiro atoms. The van der Waals surface area contributed by atoms with Crippen molar-refractivity contribution < 1.29 is 9.59 Å². The number of nitrogens with one attached hydrogen (secondary N) is 2. The Kier molecular flexibility index (Phi) is 9.28. The molecule has 1 aliphatic rings. The lowest BCUT2D eigenvalue weighted by Gasteiger charge is -2.33. The van der Waals surface area contributed by atoms with Crippen molar-refractivity contribution in [3.8, 4) is 0 Å². The normalized spacial score (nSPS) is 15.2. The predicted molar refractivity (Wildman–Crippen MR) is 134 cm³/mol. The van der Waals surface area contributed by atoms with Gasteiger partial charge in [-0.05, 0) is 61.4 Å². The van der Waals surface area contributed by atoms with Crippen molar-refractivity contribution in [2.24, 2.45) is 11.8 Å². The standard InChI is InChI=1S/C27H38N4O2/c1-4-6-9-22(5-2)26(32)30-23-10-11-25(31-15-12-20(3)13-16-31)24(17-23)27(33)29-19-21-8-7-14-28-18-21/h7-8,10-11,14,17-18,20,22H,4-6,9,12-13,15-16,19H2,1-3H3,(H,29,33)(H,30,32). The number of benzene rings is 1. The van der Waals surface area contributed by atoms with Gasteiger partial charge >= 0.3 is 0 Å². The Morgan fingerprint density at radius 2 is 1.97 bits per heavy atom. The zero-order chi connectivity index (χ0) is 23.6. The Bertz CT molecular complexity index is 908. The lowest BCUT2D eigenvalue weighted by Crippen LogP contribution is -2.35. The number of rotatable bonds is 10. The van der Waals surface area contributed by atoms with Crippen LogP contribution in [0.15, 0.2) is 42.7 Å². The topological polar surface area (TPSA) is 74.3 Å². The van der Waals surface area contributed by atoms with E-state index in [2.05, 4.69) is 41.3 Å². The van der Waals surface area contributed by atoms with E-state index in [0.29, 0.717) is 23.7 Å². The number of carbonyl (C=O) groups excluding carboxylic acids is 2. The molecule has 0 radical (unpaired) electrons. The lowest BCUT2D eigenvalue weighted by molar-refractivity contribution is -0.120. The molecule has 1 fully saturated rings. The highest BCUT2D eigenvalue weighted by Gasteiger charge is 2.23. The van der Waals surface area contributed by atoms with Gasteiger partial charge in [-0.3, -0.25) is 14.6 Å². The van der Waals surface area contributed by atoms with Gasteiger partial charge in [-0.1, -0.05) is 39.7 Å². The zero-order valence-corrected chi connectivity index (χ0v) is 20.3. The summed E-state index contributed by atoms with van der Waals surface area (Å²) in [5.74, 6) is 0.599. The van der Waals surface area contributed by atoms with Crippen LogP contribution in [-0.4, -0.2) is 29.9 Å². The fraction of sp³-hybridized carbons (Fsp3) is 0.519. The van der Waals surface area contributed by atoms with E-state index < -0.39 is 0 Å². The molecule has 1 saturated heterocycles. The first-order valence-corrected chi connectivity index (χ1v) is 12.4. The van der Waals surface area contributed by atoms with Crippen molar-refractivity contribution in [3.05, 3.63) is 53.9 Å². The van der Waals surface area contributed by atoms with Crippen molar-refractivity contribution in [1.29, 1.82) is 0 Å². The third-order valence-electron chi connectivity index (χ3n) is 6.58. The van der Waals surface area contributed by atoms with Crippen LogP contribution < -0.4 is 15.5 Å². The van der Waals surface area contributed by atoms with Gasteiger partial charge in [-0.15, -0.1) is 0 Å². The number of hydrogen-bond acceptors (Lipinski definition) is 4. The summed E-state index contributed by atoms with van der Waals surface area (Å²) in [5.41, 5.74) is 3.16. The number of nitrogens with zero attached hydrogens (tertiary/aromatic N) is 2. The van der Waals surface area contributed by atoms with Crippen LogP contribution in [0.1, 0.15) is 75.2 Å². The molecule has 3 rings (SSSR count). The smallest absolute Gasteiger partial charge is 0.253 e. The first-order chi connectivity index (χ1) is 16.0. The van der Waals surface area contributed by atoms with Gasteiger partial charge in [0.1, 0.15) is 0 Å². The molecule has 33 heavy (non-hydrogen) atoms. The molecular formula is C27H38N4O2. The van der Waals surface area contributed by atoms with E-state index in [1.165, 1.54) is 0 Å². The molecule has 6 heteroatoms. The molecule has 2 heterocycles. The zero-order valence-electron chi connectivity index (χ0n) is 20.3. The molecule has 2 aromatic rings. The SMILES string of the molecule is CCCCC(CC)C(=O)Nc1ccc(N2CCC(C)CC2)c(C(=O)NCc2cccnc2)c1. The molecule has 1 atom stereocenters. The van der Waals surface area contributed by atoms with E-state index in [4.69, 9.17) is 0 Å². The second kappa shape index (κ2) is 12.4. The predicted octanol–water partition coefficient (Wildman–Crippen LogP) is 5.40. The molecule has 0 saturated carbocycles. The van der Waals surface area contributed by atoms with E-state index in [9.17, 15) is 9.59 Å². The van der Waals surface area contributed by atoms with Crippen LogP contribution in [0.4, 0.5) is 11.4 Å². The van der Waals surface area contributed by atoms with Gasteiger partial charge in [-0.2, -0.15) is 0 Å². The Labute approximate surface area is 198 Å². The molecule has 1 aromatic carbocycles. The number of pyridine rings is 1. The fourth-order valence-corrected chi connectivity index (χ4v) is 4.32. The third kappa shape index (κ3) is 7.04. The number of anilines is 2. The Morgan fingerprint density at radius 1 is 1.18 bits per heavy atom. The monoisotopic (exact) mass is 450 g/mol. The van der Waals surface area contributed by atoms with Crippen LogP contribution in [0.2, 0.25) is 0 Å². The summed E-state index contributed by atoms with van der Waals surface area (Å²) >= 11 is 0. The number of carbonyl (C=O) groups is 2. The number of piperidine rings is 1. The number of amides is 2. The van der Waals surface area contributed by atoms with E-state index >= 15 is 0 Å². The molecule has 6 nitrogen and oxygen atoms in total. The Balaban J connectivity index is 1.79. The van der Waals surface area contributed by atoms with Crippen molar-refractivity contribution in [2.45, 2.75) is 65.8 Å². The lowest BCUT2D eigenvalue weighted by atomic mass is 9.97. The average molecular weight is 451 g/mol. The molecule has 0 bridgehead atoms. The van der Waals surface area contributed by atoms with Gasteiger partial charge in [0.25, 0.3) is 5.91 Å². The Hall–Kier alpha value is -2.89. The van der Waals surface area contributed by atoms with Crippen molar-refractivity contribution in [1.82, 2.24) is 10.3 Å². The minimum Gasteiger partial charge on any atom is -0.371 e. The number of hydrogen-bond donors (Lipinski definition) is 2. The van der Waals surface area contributed by atoms with Crippen LogP contribution in [0.25, 0.3) is 0 Å². The van der Waals surface area contributed by atoms with Crippen molar-refractivity contribution in [3.63, 3.8) is 0 Å². The van der Waals surface area contributed by atoms with Gasteiger partial charge in [0.05, 0.1) is 5.56 Å². The maximum atomic E-state index is 13.2. The minimum atomic E-state index is -0.137. The quantitative estimate of drug-likeness (QED) is 0.508. The molecule has 2 amide bonds. The molecule has 1 aliphatic heterocycles. The highest BCUT2D eigenvalue weighted by atomic mass is 16.2. The summed E-state index contributed by atoms with van der Waals surface area (Å²) in [7, 11) is 0. The number of aromatic nitrogens is 1. The summed E-state index contributed by atoms with van der Waals surface area (Å²) in [6.07, 6.45) is 9.53. The molecule has 1 unspecified atom stereocenters. The van der Waals surface area contributed by atoms with Crippen LogP contribution in [0.3, 0.4) is 0 Å². The van der Waals surface area contributed by atoms with Crippen LogP contribution >= 0.6 is 0 Å². The molecule has 178 valence electrons. The van der Waals surface area contributed by atoms with E-state index in [1.807, 2.05) is 30.3 Å². The fourth-order valence-electron chi connectivity index (χ4n) is 4.32.